The van der Waals surface area contributed by atoms with Gasteiger partial charge in [0, 0.05) is 25.6 Å². The highest BCUT2D eigenvalue weighted by molar-refractivity contribution is 5.85. The molecule has 1 heterocycles. The summed E-state index contributed by atoms with van der Waals surface area (Å²) in [6, 6.07) is 3.34. The number of carbonyl (C=O) groups is 1. The molecule has 1 aliphatic heterocycles. The molecule has 0 radical (unpaired) electrons. The molecule has 1 fully saturated rings. The molecular weight excluding hydrogens is 302 g/mol. The third-order valence-corrected chi connectivity index (χ3v) is 3.15. The highest BCUT2D eigenvalue weighted by Crippen LogP contribution is 2.09. The first-order valence-electron chi connectivity index (χ1n) is 6.67. The van der Waals surface area contributed by atoms with Crippen LogP contribution in [-0.2, 0) is 16.0 Å². The number of amides is 1. The maximum atomic E-state index is 13.4. The minimum atomic E-state index is -0.476. The fourth-order valence-corrected chi connectivity index (χ4v) is 2.12. The first-order valence-corrected chi connectivity index (χ1v) is 6.67. The summed E-state index contributed by atoms with van der Waals surface area (Å²) in [5, 5.41) is 5.88. The standard InChI is InChI=1S/C14H18F2N2O2.ClH/c15-11-1-2-13(16)10(7-11)3-4-18-14(19)8-12-9-20-6-5-17-12;/h1-2,7,12,17H,3-6,8-9H2,(H,18,19);1H. The Morgan fingerprint density at radius 2 is 2.24 bits per heavy atom. The van der Waals surface area contributed by atoms with Crippen LogP contribution in [0, 0.1) is 11.6 Å². The van der Waals surface area contributed by atoms with E-state index < -0.39 is 11.6 Å². The number of morpholine rings is 1. The largest absolute Gasteiger partial charge is 0.378 e. The second-order valence-corrected chi connectivity index (χ2v) is 4.77. The Morgan fingerprint density at radius 3 is 2.95 bits per heavy atom. The van der Waals surface area contributed by atoms with Crippen LogP contribution in [0.25, 0.3) is 0 Å². The predicted molar refractivity (Wildman–Crippen MR) is 77.5 cm³/mol. The molecule has 0 saturated carbocycles. The zero-order valence-electron chi connectivity index (χ0n) is 11.5. The number of hydrogen-bond acceptors (Lipinski definition) is 3. The molecule has 1 unspecified atom stereocenters. The molecule has 118 valence electrons. The third kappa shape index (κ3) is 5.95. The molecule has 2 rings (SSSR count). The molecule has 1 aromatic carbocycles. The maximum absolute atomic E-state index is 13.4. The quantitative estimate of drug-likeness (QED) is 0.863. The van der Waals surface area contributed by atoms with E-state index in [1.165, 1.54) is 0 Å². The molecular formula is C14H19ClF2N2O2. The molecule has 1 aromatic rings. The van der Waals surface area contributed by atoms with Gasteiger partial charge < -0.3 is 15.4 Å². The second kappa shape index (κ2) is 8.92. The smallest absolute Gasteiger partial charge is 0.221 e. The number of rotatable bonds is 5. The molecule has 1 saturated heterocycles. The van der Waals surface area contributed by atoms with Gasteiger partial charge >= 0.3 is 0 Å². The normalized spacial score (nSPS) is 17.9. The summed E-state index contributed by atoms with van der Waals surface area (Å²) in [4.78, 5) is 11.7. The van der Waals surface area contributed by atoms with Crippen LogP contribution in [0.4, 0.5) is 8.78 Å². The lowest BCUT2D eigenvalue weighted by Crippen LogP contribution is -2.44. The van der Waals surface area contributed by atoms with E-state index in [9.17, 15) is 13.6 Å². The van der Waals surface area contributed by atoms with Crippen molar-refractivity contribution in [1.29, 1.82) is 0 Å². The Bertz CT molecular complexity index is 468. The van der Waals surface area contributed by atoms with Gasteiger partial charge in [0.05, 0.1) is 13.2 Å². The minimum absolute atomic E-state index is 0. The SMILES string of the molecule is Cl.O=C(CC1COCCN1)NCCc1cc(F)ccc1F. The molecule has 21 heavy (non-hydrogen) atoms. The van der Waals surface area contributed by atoms with Crippen LogP contribution in [0.15, 0.2) is 18.2 Å². The van der Waals surface area contributed by atoms with E-state index in [1.807, 2.05) is 0 Å². The first kappa shape index (κ1) is 17.8. The molecule has 0 aromatic heterocycles. The van der Waals surface area contributed by atoms with Crippen molar-refractivity contribution in [3.05, 3.63) is 35.4 Å². The molecule has 0 bridgehead atoms. The Hall–Kier alpha value is -1.24. The van der Waals surface area contributed by atoms with E-state index in [0.717, 1.165) is 24.7 Å². The molecule has 1 aliphatic rings. The van der Waals surface area contributed by atoms with Crippen LogP contribution < -0.4 is 10.6 Å². The van der Waals surface area contributed by atoms with Crippen LogP contribution in [0.1, 0.15) is 12.0 Å². The summed E-state index contributed by atoms with van der Waals surface area (Å²) in [7, 11) is 0. The van der Waals surface area contributed by atoms with Gasteiger partial charge in [-0.15, -0.1) is 12.4 Å². The topological polar surface area (TPSA) is 50.4 Å². The van der Waals surface area contributed by atoms with Gasteiger partial charge in [-0.1, -0.05) is 0 Å². The van der Waals surface area contributed by atoms with Crippen molar-refractivity contribution in [3.8, 4) is 0 Å². The fourth-order valence-electron chi connectivity index (χ4n) is 2.12. The zero-order chi connectivity index (χ0) is 14.4. The van der Waals surface area contributed by atoms with Gasteiger partial charge in [-0.2, -0.15) is 0 Å². The Balaban J connectivity index is 0.00000220. The van der Waals surface area contributed by atoms with Crippen molar-refractivity contribution in [2.24, 2.45) is 0 Å². The highest BCUT2D eigenvalue weighted by Gasteiger charge is 2.16. The predicted octanol–water partition coefficient (Wildman–Crippen LogP) is 1.42. The van der Waals surface area contributed by atoms with Crippen LogP contribution in [0.2, 0.25) is 0 Å². The van der Waals surface area contributed by atoms with Crippen molar-refractivity contribution >= 4 is 18.3 Å². The van der Waals surface area contributed by atoms with Crippen LogP contribution >= 0.6 is 12.4 Å². The molecule has 2 N–H and O–H groups in total. The van der Waals surface area contributed by atoms with Crippen molar-refractivity contribution in [1.82, 2.24) is 10.6 Å². The molecule has 1 amide bonds. The number of halogens is 3. The van der Waals surface area contributed by atoms with E-state index in [-0.39, 0.29) is 42.9 Å². The van der Waals surface area contributed by atoms with Crippen molar-refractivity contribution in [2.75, 3.05) is 26.3 Å². The first-order chi connectivity index (χ1) is 9.65. The van der Waals surface area contributed by atoms with Crippen molar-refractivity contribution in [2.45, 2.75) is 18.9 Å². The van der Waals surface area contributed by atoms with E-state index in [0.29, 0.717) is 19.6 Å². The van der Waals surface area contributed by atoms with Gasteiger partial charge in [-0.3, -0.25) is 4.79 Å². The average Bonchev–Trinajstić information content (AvgIpc) is 2.44. The number of nitrogens with one attached hydrogen (secondary N) is 2. The summed E-state index contributed by atoms with van der Waals surface area (Å²) < 4.78 is 31.6. The van der Waals surface area contributed by atoms with Gasteiger partial charge in [0.2, 0.25) is 5.91 Å². The van der Waals surface area contributed by atoms with E-state index in [2.05, 4.69) is 10.6 Å². The van der Waals surface area contributed by atoms with Crippen molar-refractivity contribution < 1.29 is 18.3 Å². The summed E-state index contributed by atoms with van der Waals surface area (Å²) >= 11 is 0. The van der Waals surface area contributed by atoms with Gasteiger partial charge in [0.15, 0.2) is 0 Å². The third-order valence-electron chi connectivity index (χ3n) is 3.15. The summed E-state index contributed by atoms with van der Waals surface area (Å²) in [6.07, 6.45) is 0.593. The maximum Gasteiger partial charge on any atom is 0.221 e. The van der Waals surface area contributed by atoms with Crippen LogP contribution in [0.5, 0.6) is 0 Å². The van der Waals surface area contributed by atoms with E-state index >= 15 is 0 Å². The van der Waals surface area contributed by atoms with Gasteiger partial charge in [0.25, 0.3) is 0 Å². The molecule has 0 aliphatic carbocycles. The minimum Gasteiger partial charge on any atom is -0.378 e. The number of benzene rings is 1. The summed E-state index contributed by atoms with van der Waals surface area (Å²) in [5.74, 6) is -1.05. The summed E-state index contributed by atoms with van der Waals surface area (Å²) in [6.45, 7) is 2.21. The van der Waals surface area contributed by atoms with Gasteiger partial charge in [-0.25, -0.2) is 8.78 Å². The Morgan fingerprint density at radius 1 is 1.43 bits per heavy atom. The number of hydrogen-bond donors (Lipinski definition) is 2. The number of ether oxygens (including phenoxy) is 1. The second-order valence-electron chi connectivity index (χ2n) is 4.77. The Labute approximate surface area is 128 Å². The zero-order valence-corrected chi connectivity index (χ0v) is 12.3. The molecule has 0 spiro atoms. The molecule has 1 atom stereocenters. The van der Waals surface area contributed by atoms with Crippen LogP contribution in [0.3, 0.4) is 0 Å². The van der Waals surface area contributed by atoms with E-state index in [1.54, 1.807) is 0 Å². The lowest BCUT2D eigenvalue weighted by atomic mass is 10.1. The lowest BCUT2D eigenvalue weighted by molar-refractivity contribution is -0.122. The highest BCUT2D eigenvalue weighted by atomic mass is 35.5. The van der Waals surface area contributed by atoms with Gasteiger partial charge in [-0.05, 0) is 30.2 Å². The summed E-state index contributed by atoms with van der Waals surface area (Å²) in [5.41, 5.74) is 0.268. The fraction of sp³-hybridized carbons (Fsp3) is 0.500. The lowest BCUT2D eigenvalue weighted by Gasteiger charge is -2.23. The number of carbonyl (C=O) groups excluding carboxylic acids is 1. The van der Waals surface area contributed by atoms with E-state index in [4.69, 9.17) is 4.74 Å². The Kier molecular flexibility index (Phi) is 7.56. The van der Waals surface area contributed by atoms with Gasteiger partial charge in [0.1, 0.15) is 11.6 Å². The molecule has 7 heteroatoms. The average molecular weight is 321 g/mol. The van der Waals surface area contributed by atoms with Crippen LogP contribution in [-0.4, -0.2) is 38.3 Å². The van der Waals surface area contributed by atoms with Crippen molar-refractivity contribution in [3.63, 3.8) is 0 Å². The molecule has 4 nitrogen and oxygen atoms in total. The monoisotopic (exact) mass is 320 g/mol.